The van der Waals surface area contributed by atoms with Gasteiger partial charge >= 0.3 is 11.9 Å². The summed E-state index contributed by atoms with van der Waals surface area (Å²) in [4.78, 5) is 43.6. The lowest BCUT2D eigenvalue weighted by molar-refractivity contribution is -0.145. The van der Waals surface area contributed by atoms with E-state index in [1.807, 2.05) is 0 Å². The predicted molar refractivity (Wildman–Crippen MR) is 113 cm³/mol. The smallest absolute Gasteiger partial charge is 0.335 e. The number of aromatic carboxylic acids is 1. The van der Waals surface area contributed by atoms with E-state index in [1.165, 1.54) is 17.4 Å². The summed E-state index contributed by atoms with van der Waals surface area (Å²) in [7, 11) is 0. The molecule has 2 aromatic heterocycles. The first kappa shape index (κ1) is 20.3. The number of carboxylic acids is 1. The summed E-state index contributed by atoms with van der Waals surface area (Å²) in [6, 6.07) is 6.52. The number of hydrogen-bond donors (Lipinski definition) is 1. The Balaban J connectivity index is 1.84. The number of aryl methyl sites for hydroxylation is 2. The molecule has 0 amide bonds. The molecule has 2 heterocycles. The van der Waals surface area contributed by atoms with Gasteiger partial charge in [-0.1, -0.05) is 12.1 Å². The molecular formula is C22H22N2O5S. The van der Waals surface area contributed by atoms with Crippen molar-refractivity contribution in [1.29, 1.82) is 0 Å². The second kappa shape index (κ2) is 8.02. The lowest BCUT2D eigenvalue weighted by Gasteiger charge is -2.21. The highest BCUT2D eigenvalue weighted by molar-refractivity contribution is 7.18. The molecule has 0 spiro atoms. The zero-order valence-corrected chi connectivity index (χ0v) is 17.6. The van der Waals surface area contributed by atoms with Crippen LogP contribution >= 0.6 is 11.3 Å². The lowest BCUT2D eigenvalue weighted by Crippen LogP contribution is -2.27. The minimum Gasteiger partial charge on any atom is -0.478 e. The molecule has 156 valence electrons. The van der Waals surface area contributed by atoms with Gasteiger partial charge in [-0.15, -0.1) is 11.3 Å². The number of benzene rings is 1. The molecule has 0 saturated heterocycles. The first-order chi connectivity index (χ1) is 14.4. The first-order valence-corrected chi connectivity index (χ1v) is 10.7. The minimum absolute atomic E-state index is 0.169. The summed E-state index contributed by atoms with van der Waals surface area (Å²) < 4.78 is 6.81. The molecule has 1 aromatic carbocycles. The van der Waals surface area contributed by atoms with Gasteiger partial charge < -0.3 is 9.84 Å². The monoisotopic (exact) mass is 426 g/mol. The van der Waals surface area contributed by atoms with Crippen LogP contribution in [-0.4, -0.2) is 33.2 Å². The van der Waals surface area contributed by atoms with Gasteiger partial charge in [0.2, 0.25) is 0 Å². The number of carbonyl (C=O) groups excluding carboxylic acids is 1. The van der Waals surface area contributed by atoms with Gasteiger partial charge in [-0.05, 0) is 56.4 Å². The third-order valence-corrected chi connectivity index (χ3v) is 6.61. The molecule has 0 fully saturated rings. The third-order valence-electron chi connectivity index (χ3n) is 5.45. The lowest BCUT2D eigenvalue weighted by atomic mass is 9.86. The Morgan fingerprint density at radius 1 is 1.37 bits per heavy atom. The van der Waals surface area contributed by atoms with Crippen molar-refractivity contribution >= 4 is 33.5 Å². The van der Waals surface area contributed by atoms with Crippen molar-refractivity contribution in [2.45, 2.75) is 45.6 Å². The molecule has 4 rings (SSSR count). The molecule has 7 nitrogen and oxygen atoms in total. The molecule has 1 atom stereocenters. The second-order valence-electron chi connectivity index (χ2n) is 7.37. The molecule has 1 N–H and O–H groups in total. The molecular weight excluding hydrogens is 404 g/mol. The van der Waals surface area contributed by atoms with E-state index in [9.17, 15) is 19.5 Å². The highest BCUT2D eigenvalue weighted by atomic mass is 32.1. The second-order valence-corrected chi connectivity index (χ2v) is 8.46. The van der Waals surface area contributed by atoms with Crippen LogP contribution in [0.15, 0.2) is 29.1 Å². The molecule has 1 aliphatic carbocycles. The summed E-state index contributed by atoms with van der Waals surface area (Å²) in [5.41, 5.74) is 1.44. The Bertz CT molecular complexity index is 1210. The molecule has 1 unspecified atom stereocenters. The van der Waals surface area contributed by atoms with Gasteiger partial charge in [0.05, 0.1) is 30.0 Å². The van der Waals surface area contributed by atoms with Gasteiger partial charge in [-0.25, -0.2) is 9.78 Å². The molecule has 30 heavy (non-hydrogen) atoms. The summed E-state index contributed by atoms with van der Waals surface area (Å²) in [5, 5.41) is 9.73. The van der Waals surface area contributed by atoms with E-state index in [0.717, 1.165) is 23.3 Å². The van der Waals surface area contributed by atoms with Crippen molar-refractivity contribution < 1.29 is 19.4 Å². The maximum atomic E-state index is 13.5. The van der Waals surface area contributed by atoms with Gasteiger partial charge in [0.1, 0.15) is 10.7 Å². The van der Waals surface area contributed by atoms with Crippen molar-refractivity contribution in [3.05, 3.63) is 62.0 Å². The zero-order chi connectivity index (χ0) is 21.4. The Kier molecular flexibility index (Phi) is 5.42. The van der Waals surface area contributed by atoms with E-state index < -0.39 is 11.9 Å². The van der Waals surface area contributed by atoms with E-state index >= 15 is 0 Å². The van der Waals surface area contributed by atoms with Crippen molar-refractivity contribution in [1.82, 2.24) is 9.55 Å². The fourth-order valence-corrected chi connectivity index (χ4v) is 5.38. The molecule has 0 aliphatic heterocycles. The van der Waals surface area contributed by atoms with Crippen LogP contribution < -0.4 is 5.56 Å². The van der Waals surface area contributed by atoms with Crippen molar-refractivity contribution in [3.63, 3.8) is 0 Å². The fraction of sp³-hybridized carbons (Fsp3) is 0.364. The Labute approximate surface area is 176 Å². The van der Waals surface area contributed by atoms with Crippen molar-refractivity contribution in [2.75, 3.05) is 6.61 Å². The average Bonchev–Trinajstić information content (AvgIpc) is 3.09. The van der Waals surface area contributed by atoms with Crippen molar-refractivity contribution in [3.8, 4) is 0 Å². The van der Waals surface area contributed by atoms with Gasteiger partial charge in [0.15, 0.2) is 0 Å². The maximum absolute atomic E-state index is 13.5. The number of fused-ring (bicyclic) bond motifs is 3. The number of thiophene rings is 1. The van der Waals surface area contributed by atoms with Gasteiger partial charge in [0, 0.05) is 4.88 Å². The van der Waals surface area contributed by atoms with E-state index in [0.29, 0.717) is 34.6 Å². The van der Waals surface area contributed by atoms with Crippen LogP contribution in [0.1, 0.15) is 57.9 Å². The number of aromatic nitrogens is 2. The van der Waals surface area contributed by atoms with E-state index in [4.69, 9.17) is 4.74 Å². The van der Waals surface area contributed by atoms with Crippen LogP contribution in [0, 0.1) is 6.92 Å². The Morgan fingerprint density at radius 3 is 2.90 bits per heavy atom. The number of rotatable bonds is 5. The van der Waals surface area contributed by atoms with Crippen LogP contribution in [0.3, 0.4) is 0 Å². The number of nitrogens with zero attached hydrogens (tertiary/aromatic N) is 2. The highest BCUT2D eigenvalue weighted by Gasteiger charge is 2.33. The van der Waals surface area contributed by atoms with Crippen LogP contribution in [0.2, 0.25) is 0 Å². The summed E-state index contributed by atoms with van der Waals surface area (Å²) in [6.07, 6.45) is 2.36. The highest BCUT2D eigenvalue weighted by Crippen LogP contribution is 2.41. The number of esters is 1. The van der Waals surface area contributed by atoms with Crippen LogP contribution in [0.5, 0.6) is 0 Å². The fourth-order valence-electron chi connectivity index (χ4n) is 4.07. The average molecular weight is 426 g/mol. The number of hydrogen-bond acceptors (Lipinski definition) is 6. The number of ether oxygens (including phenoxy) is 1. The SMILES string of the molecule is CCOC(=O)C1CCCc2sc3nc(C)n(Cc4cccc(C(=O)O)c4)c(=O)c3c21. The predicted octanol–water partition coefficient (Wildman–Crippen LogP) is 3.50. The van der Waals surface area contributed by atoms with Crippen molar-refractivity contribution in [2.24, 2.45) is 0 Å². The zero-order valence-electron chi connectivity index (χ0n) is 16.8. The minimum atomic E-state index is -1.02. The van der Waals surface area contributed by atoms with Crippen LogP contribution in [0.4, 0.5) is 0 Å². The number of carbonyl (C=O) groups is 2. The van der Waals surface area contributed by atoms with E-state index in [2.05, 4.69) is 4.98 Å². The summed E-state index contributed by atoms with van der Waals surface area (Å²) >= 11 is 1.48. The van der Waals surface area contributed by atoms with E-state index in [1.54, 1.807) is 36.6 Å². The maximum Gasteiger partial charge on any atom is 0.335 e. The Morgan fingerprint density at radius 2 is 2.17 bits per heavy atom. The van der Waals surface area contributed by atoms with Crippen LogP contribution in [0.25, 0.3) is 10.2 Å². The molecule has 3 aromatic rings. The molecule has 0 radical (unpaired) electrons. The Hall–Kier alpha value is -3.00. The number of carboxylic acid groups (broad SMARTS) is 1. The quantitative estimate of drug-likeness (QED) is 0.627. The molecule has 0 saturated carbocycles. The molecule has 1 aliphatic rings. The van der Waals surface area contributed by atoms with Crippen LogP contribution in [-0.2, 0) is 22.5 Å². The normalized spacial score (nSPS) is 15.7. The largest absolute Gasteiger partial charge is 0.478 e. The third kappa shape index (κ3) is 3.52. The topological polar surface area (TPSA) is 98.5 Å². The first-order valence-electron chi connectivity index (χ1n) is 9.92. The summed E-state index contributed by atoms with van der Waals surface area (Å²) in [6.45, 7) is 4.05. The van der Waals surface area contributed by atoms with Gasteiger partial charge in [-0.2, -0.15) is 0 Å². The van der Waals surface area contributed by atoms with Gasteiger partial charge in [-0.3, -0.25) is 14.2 Å². The summed E-state index contributed by atoms with van der Waals surface area (Å²) in [5.74, 6) is -1.19. The molecule has 0 bridgehead atoms. The van der Waals surface area contributed by atoms with E-state index in [-0.39, 0.29) is 23.6 Å². The van der Waals surface area contributed by atoms with Gasteiger partial charge in [0.25, 0.3) is 5.56 Å². The standard InChI is InChI=1S/C22H22N2O5S/c1-3-29-22(28)15-8-5-9-16-17(15)18-19(30-16)23-12(2)24(20(18)25)11-13-6-4-7-14(10-13)21(26)27/h4,6-7,10,15H,3,5,8-9,11H2,1-2H3,(H,26,27). The molecule has 8 heteroatoms.